The van der Waals surface area contributed by atoms with E-state index in [0.29, 0.717) is 13.2 Å². The third-order valence-corrected chi connectivity index (χ3v) is 4.55. The van der Waals surface area contributed by atoms with Gasteiger partial charge in [0, 0.05) is 13.7 Å². The van der Waals surface area contributed by atoms with Crippen LogP contribution in [-0.2, 0) is 19.4 Å². The van der Waals surface area contributed by atoms with Crippen molar-refractivity contribution in [2.24, 2.45) is 5.92 Å². The average molecular weight is 278 g/mol. The minimum absolute atomic E-state index is 0.0949. The zero-order valence-electron chi connectivity index (χ0n) is 10.8. The highest BCUT2D eigenvalue weighted by Crippen LogP contribution is 2.12. The number of piperidine rings is 1. The maximum atomic E-state index is 11.8. The highest BCUT2D eigenvalue weighted by atomic mass is 32.2. The Morgan fingerprint density at radius 3 is 2.89 bits per heavy atom. The standard InChI is InChI=1S/C11H22N2O4S/c1-17-6-5-13-11(14)9-18(15,16)8-10-3-2-4-12-7-10/h10,12H,2-9H2,1H3,(H,13,14). The van der Waals surface area contributed by atoms with E-state index in [1.54, 1.807) is 0 Å². The summed E-state index contributed by atoms with van der Waals surface area (Å²) >= 11 is 0. The van der Waals surface area contributed by atoms with Crippen LogP contribution in [0.1, 0.15) is 12.8 Å². The summed E-state index contributed by atoms with van der Waals surface area (Å²) in [4.78, 5) is 11.4. The molecule has 0 radical (unpaired) electrons. The Bertz CT molecular complexity index is 350. The van der Waals surface area contributed by atoms with Gasteiger partial charge in [0.15, 0.2) is 9.84 Å². The molecule has 1 fully saturated rings. The minimum Gasteiger partial charge on any atom is -0.383 e. The highest BCUT2D eigenvalue weighted by Gasteiger charge is 2.23. The molecule has 1 unspecified atom stereocenters. The Balaban J connectivity index is 2.31. The molecule has 2 N–H and O–H groups in total. The minimum atomic E-state index is -3.31. The Kier molecular flexibility index (Phi) is 6.59. The molecule has 6 nitrogen and oxygen atoms in total. The van der Waals surface area contributed by atoms with Gasteiger partial charge in [-0.25, -0.2) is 8.42 Å². The van der Waals surface area contributed by atoms with Crippen molar-refractivity contribution in [3.63, 3.8) is 0 Å². The van der Waals surface area contributed by atoms with E-state index in [9.17, 15) is 13.2 Å². The van der Waals surface area contributed by atoms with E-state index in [1.165, 1.54) is 7.11 Å². The zero-order chi connectivity index (χ0) is 13.4. The van der Waals surface area contributed by atoms with Crippen molar-refractivity contribution in [2.75, 3.05) is 44.9 Å². The van der Waals surface area contributed by atoms with E-state index < -0.39 is 21.5 Å². The smallest absolute Gasteiger partial charge is 0.235 e. The molecule has 0 aliphatic carbocycles. The van der Waals surface area contributed by atoms with E-state index >= 15 is 0 Å². The number of methoxy groups -OCH3 is 1. The van der Waals surface area contributed by atoms with E-state index in [-0.39, 0.29) is 11.7 Å². The van der Waals surface area contributed by atoms with Gasteiger partial charge in [0.1, 0.15) is 5.75 Å². The molecule has 1 heterocycles. The molecule has 18 heavy (non-hydrogen) atoms. The quantitative estimate of drug-likeness (QED) is 0.593. The fourth-order valence-corrected chi connectivity index (χ4v) is 3.65. The molecule has 1 amide bonds. The molecule has 0 aromatic rings. The van der Waals surface area contributed by atoms with E-state index in [2.05, 4.69) is 10.6 Å². The first-order valence-electron chi connectivity index (χ1n) is 6.20. The van der Waals surface area contributed by atoms with E-state index in [0.717, 1.165) is 25.9 Å². The van der Waals surface area contributed by atoms with Gasteiger partial charge >= 0.3 is 0 Å². The summed E-state index contributed by atoms with van der Waals surface area (Å²) in [5.74, 6) is -0.642. The number of ether oxygens (including phenoxy) is 1. The van der Waals surface area contributed by atoms with Gasteiger partial charge in [-0.15, -0.1) is 0 Å². The first-order valence-corrected chi connectivity index (χ1v) is 8.02. The molecule has 1 saturated heterocycles. The van der Waals surface area contributed by atoms with Crippen LogP contribution in [-0.4, -0.2) is 59.2 Å². The summed E-state index contributed by atoms with van der Waals surface area (Å²) in [6, 6.07) is 0. The topological polar surface area (TPSA) is 84.5 Å². The molecule has 0 spiro atoms. The van der Waals surface area contributed by atoms with Gasteiger partial charge in [0.25, 0.3) is 0 Å². The normalized spacial score (nSPS) is 20.6. The molecule has 0 aromatic heterocycles. The summed E-state index contributed by atoms with van der Waals surface area (Å²) < 4.78 is 28.4. The predicted octanol–water partition coefficient (Wildman–Crippen LogP) is -0.837. The molecule has 1 aliphatic heterocycles. The lowest BCUT2D eigenvalue weighted by molar-refractivity contribution is -0.118. The molecule has 106 valence electrons. The summed E-state index contributed by atoms with van der Waals surface area (Å²) in [6.07, 6.45) is 1.91. The van der Waals surface area contributed by atoms with Crippen molar-refractivity contribution in [2.45, 2.75) is 12.8 Å². The van der Waals surface area contributed by atoms with Crippen molar-refractivity contribution in [1.29, 1.82) is 0 Å². The second kappa shape index (κ2) is 7.70. The van der Waals surface area contributed by atoms with Crippen LogP contribution in [0.4, 0.5) is 0 Å². The summed E-state index contributed by atoms with van der Waals surface area (Å²) in [5, 5.41) is 5.69. The summed E-state index contributed by atoms with van der Waals surface area (Å²) in [5.41, 5.74) is 0. The Morgan fingerprint density at radius 2 is 2.28 bits per heavy atom. The van der Waals surface area contributed by atoms with Crippen LogP contribution in [0.5, 0.6) is 0 Å². The fraction of sp³-hybridized carbons (Fsp3) is 0.909. The Hall–Kier alpha value is -0.660. The molecule has 7 heteroatoms. The third kappa shape index (κ3) is 6.32. The molecule has 0 saturated carbocycles. The highest BCUT2D eigenvalue weighted by molar-refractivity contribution is 7.92. The third-order valence-electron chi connectivity index (χ3n) is 2.87. The maximum Gasteiger partial charge on any atom is 0.235 e. The molecule has 1 rings (SSSR count). The molecular weight excluding hydrogens is 256 g/mol. The van der Waals surface area contributed by atoms with Crippen molar-refractivity contribution >= 4 is 15.7 Å². The van der Waals surface area contributed by atoms with Crippen molar-refractivity contribution in [1.82, 2.24) is 10.6 Å². The summed E-state index contributed by atoms with van der Waals surface area (Å²) in [7, 11) is -1.78. The second-order valence-electron chi connectivity index (χ2n) is 4.61. The number of rotatable bonds is 7. The number of hydrogen-bond donors (Lipinski definition) is 2. The number of sulfone groups is 1. The van der Waals surface area contributed by atoms with Gasteiger partial charge in [-0.3, -0.25) is 4.79 Å². The molecular formula is C11H22N2O4S. The lowest BCUT2D eigenvalue weighted by atomic mass is 10.0. The number of nitrogens with one attached hydrogen (secondary N) is 2. The number of carbonyl (C=O) groups excluding carboxylic acids is 1. The molecule has 1 atom stereocenters. The SMILES string of the molecule is COCCNC(=O)CS(=O)(=O)CC1CCCNC1. The molecule has 0 aromatic carbocycles. The average Bonchev–Trinajstić information content (AvgIpc) is 2.29. The van der Waals surface area contributed by atoms with Crippen molar-refractivity contribution < 1.29 is 17.9 Å². The Morgan fingerprint density at radius 1 is 1.50 bits per heavy atom. The summed E-state index contributed by atoms with van der Waals surface area (Å²) in [6.45, 7) is 2.41. The predicted molar refractivity (Wildman–Crippen MR) is 69.1 cm³/mol. The maximum absolute atomic E-state index is 11.8. The van der Waals surface area contributed by atoms with Crippen LogP contribution in [0.2, 0.25) is 0 Å². The monoisotopic (exact) mass is 278 g/mol. The largest absolute Gasteiger partial charge is 0.383 e. The van der Waals surface area contributed by atoms with Gasteiger partial charge in [-0.2, -0.15) is 0 Å². The van der Waals surface area contributed by atoms with Crippen LogP contribution < -0.4 is 10.6 Å². The zero-order valence-corrected chi connectivity index (χ0v) is 11.6. The Labute approximate surface area is 108 Å². The van der Waals surface area contributed by atoms with E-state index in [4.69, 9.17) is 4.74 Å². The number of amides is 1. The van der Waals surface area contributed by atoms with Gasteiger partial charge in [0.2, 0.25) is 5.91 Å². The lowest BCUT2D eigenvalue weighted by Gasteiger charge is -2.22. The van der Waals surface area contributed by atoms with Crippen LogP contribution >= 0.6 is 0 Å². The first kappa shape index (κ1) is 15.4. The van der Waals surface area contributed by atoms with Crippen LogP contribution in [0, 0.1) is 5.92 Å². The number of hydrogen-bond acceptors (Lipinski definition) is 5. The molecule has 1 aliphatic rings. The van der Waals surface area contributed by atoms with E-state index in [1.807, 2.05) is 0 Å². The van der Waals surface area contributed by atoms with Gasteiger partial charge in [-0.05, 0) is 31.8 Å². The second-order valence-corrected chi connectivity index (χ2v) is 6.72. The van der Waals surface area contributed by atoms with Gasteiger partial charge in [-0.1, -0.05) is 0 Å². The lowest BCUT2D eigenvalue weighted by Crippen LogP contribution is -2.38. The van der Waals surface area contributed by atoms with Crippen LogP contribution in [0.3, 0.4) is 0 Å². The van der Waals surface area contributed by atoms with Gasteiger partial charge < -0.3 is 15.4 Å². The first-order chi connectivity index (χ1) is 8.53. The van der Waals surface area contributed by atoms with Crippen molar-refractivity contribution in [3.8, 4) is 0 Å². The fourth-order valence-electron chi connectivity index (χ4n) is 2.03. The molecule has 0 bridgehead atoms. The van der Waals surface area contributed by atoms with Crippen LogP contribution in [0.25, 0.3) is 0 Å². The van der Waals surface area contributed by atoms with Gasteiger partial charge in [0.05, 0.1) is 12.4 Å². The number of carbonyl (C=O) groups is 1. The van der Waals surface area contributed by atoms with Crippen LogP contribution in [0.15, 0.2) is 0 Å². The van der Waals surface area contributed by atoms with Crippen molar-refractivity contribution in [3.05, 3.63) is 0 Å².